The smallest absolute Gasteiger partial charge is 0.147 e. The molecule has 0 bridgehead atoms. The van der Waals surface area contributed by atoms with E-state index in [-0.39, 0.29) is 0 Å². The standard InChI is InChI=1S/C15H18N2O/c1-9-5-4-6-11-12(9)7-10(2)14(11)15-13(16-3)8-18-17-15/h4-6,8,10,14,16H,7H2,1-3H3. The predicted molar refractivity (Wildman–Crippen MR) is 71.9 cm³/mol. The summed E-state index contributed by atoms with van der Waals surface area (Å²) in [6.45, 7) is 4.48. The monoisotopic (exact) mass is 242 g/mol. The van der Waals surface area contributed by atoms with Gasteiger partial charge in [0, 0.05) is 13.0 Å². The zero-order chi connectivity index (χ0) is 12.7. The summed E-state index contributed by atoms with van der Waals surface area (Å²) in [5.74, 6) is 0.916. The van der Waals surface area contributed by atoms with Crippen molar-refractivity contribution in [1.29, 1.82) is 0 Å². The van der Waals surface area contributed by atoms with Crippen LogP contribution in [0.15, 0.2) is 29.0 Å². The maximum absolute atomic E-state index is 5.13. The second kappa shape index (κ2) is 4.16. The summed E-state index contributed by atoms with van der Waals surface area (Å²) in [5.41, 5.74) is 6.32. The summed E-state index contributed by atoms with van der Waals surface area (Å²) >= 11 is 0. The van der Waals surface area contributed by atoms with Gasteiger partial charge in [0.1, 0.15) is 12.0 Å². The van der Waals surface area contributed by atoms with Crippen LogP contribution >= 0.6 is 0 Å². The van der Waals surface area contributed by atoms with Gasteiger partial charge >= 0.3 is 0 Å². The van der Waals surface area contributed by atoms with E-state index >= 15 is 0 Å². The number of aryl methyl sites for hydroxylation is 1. The second-order valence-electron chi connectivity index (χ2n) is 5.17. The van der Waals surface area contributed by atoms with E-state index in [0.29, 0.717) is 11.8 Å². The van der Waals surface area contributed by atoms with E-state index in [1.165, 1.54) is 16.7 Å². The highest BCUT2D eigenvalue weighted by Gasteiger charge is 2.34. The van der Waals surface area contributed by atoms with Crippen molar-refractivity contribution in [2.75, 3.05) is 12.4 Å². The van der Waals surface area contributed by atoms with Crippen molar-refractivity contribution in [3.63, 3.8) is 0 Å². The van der Waals surface area contributed by atoms with Gasteiger partial charge in [0.15, 0.2) is 0 Å². The third kappa shape index (κ3) is 1.54. The van der Waals surface area contributed by atoms with Crippen molar-refractivity contribution < 1.29 is 4.52 Å². The van der Waals surface area contributed by atoms with Crippen molar-refractivity contribution >= 4 is 5.69 Å². The molecule has 3 rings (SSSR count). The Labute approximate surface area is 107 Å². The van der Waals surface area contributed by atoms with Crippen LogP contribution < -0.4 is 5.32 Å². The van der Waals surface area contributed by atoms with Gasteiger partial charge in [-0.2, -0.15) is 0 Å². The molecule has 0 aliphatic heterocycles. The van der Waals surface area contributed by atoms with Crippen LogP contribution in [0.1, 0.15) is 35.2 Å². The number of fused-ring (bicyclic) bond motifs is 1. The SMILES string of the molecule is CNc1conc1C1c2cccc(C)c2CC1C. The normalized spacial score (nSPS) is 21.9. The molecule has 0 spiro atoms. The lowest BCUT2D eigenvalue weighted by atomic mass is 9.90. The molecule has 2 atom stereocenters. The molecular formula is C15H18N2O. The van der Waals surface area contributed by atoms with Crippen molar-refractivity contribution in [1.82, 2.24) is 5.16 Å². The van der Waals surface area contributed by atoms with Gasteiger partial charge in [-0.15, -0.1) is 0 Å². The summed E-state index contributed by atoms with van der Waals surface area (Å²) in [6, 6.07) is 6.55. The predicted octanol–water partition coefficient (Wildman–Crippen LogP) is 3.35. The molecule has 0 saturated carbocycles. The molecule has 1 aliphatic carbocycles. The first-order valence-corrected chi connectivity index (χ1v) is 6.42. The van der Waals surface area contributed by atoms with E-state index < -0.39 is 0 Å². The van der Waals surface area contributed by atoms with Crippen LogP contribution in [0.2, 0.25) is 0 Å². The van der Waals surface area contributed by atoms with Crippen LogP contribution in [0.5, 0.6) is 0 Å². The van der Waals surface area contributed by atoms with E-state index in [1.54, 1.807) is 6.26 Å². The number of hydrogen-bond acceptors (Lipinski definition) is 3. The maximum Gasteiger partial charge on any atom is 0.147 e. The van der Waals surface area contributed by atoms with Crippen LogP contribution in [0.25, 0.3) is 0 Å². The minimum absolute atomic E-state index is 0.348. The largest absolute Gasteiger partial charge is 0.384 e. The van der Waals surface area contributed by atoms with Gasteiger partial charge in [0.2, 0.25) is 0 Å². The van der Waals surface area contributed by atoms with Crippen LogP contribution in [-0.2, 0) is 6.42 Å². The summed E-state index contributed by atoms with van der Waals surface area (Å²) in [7, 11) is 1.91. The highest BCUT2D eigenvalue weighted by Crippen LogP contribution is 2.44. The molecular weight excluding hydrogens is 224 g/mol. The fourth-order valence-electron chi connectivity index (χ4n) is 3.12. The average Bonchev–Trinajstić information content (AvgIpc) is 2.93. The third-order valence-corrected chi connectivity index (χ3v) is 4.04. The van der Waals surface area contributed by atoms with E-state index in [9.17, 15) is 0 Å². The zero-order valence-corrected chi connectivity index (χ0v) is 11.0. The van der Waals surface area contributed by atoms with Crippen molar-refractivity contribution in [3.05, 3.63) is 46.8 Å². The third-order valence-electron chi connectivity index (χ3n) is 4.04. The quantitative estimate of drug-likeness (QED) is 0.877. The summed E-state index contributed by atoms with van der Waals surface area (Å²) in [4.78, 5) is 0. The zero-order valence-electron chi connectivity index (χ0n) is 11.0. The Balaban J connectivity index is 2.12. The summed E-state index contributed by atoms with van der Waals surface area (Å²) < 4.78 is 5.13. The lowest BCUT2D eigenvalue weighted by molar-refractivity contribution is 0.400. The Morgan fingerprint density at radius 3 is 3.00 bits per heavy atom. The molecule has 0 radical (unpaired) electrons. The van der Waals surface area contributed by atoms with E-state index in [0.717, 1.165) is 17.8 Å². The van der Waals surface area contributed by atoms with Gasteiger partial charge < -0.3 is 9.84 Å². The highest BCUT2D eigenvalue weighted by atomic mass is 16.5. The molecule has 1 heterocycles. The molecule has 2 aromatic rings. The molecule has 3 heteroatoms. The Morgan fingerprint density at radius 2 is 2.22 bits per heavy atom. The van der Waals surface area contributed by atoms with E-state index in [4.69, 9.17) is 4.52 Å². The number of anilines is 1. The van der Waals surface area contributed by atoms with Crippen molar-refractivity contribution in [2.24, 2.45) is 5.92 Å². The molecule has 0 saturated heterocycles. The maximum atomic E-state index is 5.13. The van der Waals surface area contributed by atoms with Gasteiger partial charge in [-0.1, -0.05) is 30.3 Å². The van der Waals surface area contributed by atoms with E-state index in [1.807, 2.05) is 7.05 Å². The minimum Gasteiger partial charge on any atom is -0.384 e. The summed E-state index contributed by atoms with van der Waals surface area (Å²) in [6.07, 6.45) is 2.82. The lowest BCUT2D eigenvalue weighted by Crippen LogP contribution is -2.08. The van der Waals surface area contributed by atoms with Gasteiger partial charge in [0.05, 0.1) is 5.69 Å². The molecule has 1 aromatic heterocycles. The number of hydrogen-bond donors (Lipinski definition) is 1. The Morgan fingerprint density at radius 1 is 1.39 bits per heavy atom. The fourth-order valence-corrected chi connectivity index (χ4v) is 3.12. The highest BCUT2D eigenvalue weighted by molar-refractivity contribution is 5.53. The van der Waals surface area contributed by atoms with Crippen molar-refractivity contribution in [3.8, 4) is 0 Å². The van der Waals surface area contributed by atoms with Gasteiger partial charge in [-0.3, -0.25) is 0 Å². The Kier molecular flexibility index (Phi) is 2.62. The van der Waals surface area contributed by atoms with Crippen LogP contribution in [0.4, 0.5) is 5.69 Å². The second-order valence-corrected chi connectivity index (χ2v) is 5.17. The molecule has 0 fully saturated rings. The average molecular weight is 242 g/mol. The lowest BCUT2D eigenvalue weighted by Gasteiger charge is -2.15. The number of rotatable bonds is 2. The van der Waals surface area contributed by atoms with Crippen LogP contribution in [0, 0.1) is 12.8 Å². The number of nitrogens with one attached hydrogen (secondary N) is 1. The minimum atomic E-state index is 0.348. The molecule has 94 valence electrons. The van der Waals surface area contributed by atoms with Gasteiger partial charge in [-0.25, -0.2) is 0 Å². The van der Waals surface area contributed by atoms with Crippen LogP contribution in [-0.4, -0.2) is 12.2 Å². The number of nitrogens with zero attached hydrogens (tertiary/aromatic N) is 1. The van der Waals surface area contributed by atoms with Gasteiger partial charge in [0.25, 0.3) is 0 Å². The first-order chi connectivity index (χ1) is 8.72. The van der Waals surface area contributed by atoms with Crippen LogP contribution in [0.3, 0.4) is 0 Å². The van der Waals surface area contributed by atoms with Gasteiger partial charge in [-0.05, 0) is 36.0 Å². The Hall–Kier alpha value is -1.77. The molecule has 1 aliphatic rings. The molecule has 1 aromatic carbocycles. The molecule has 18 heavy (non-hydrogen) atoms. The van der Waals surface area contributed by atoms with Crippen molar-refractivity contribution in [2.45, 2.75) is 26.2 Å². The first kappa shape index (κ1) is 11.3. The number of aromatic nitrogens is 1. The van der Waals surface area contributed by atoms with E-state index in [2.05, 4.69) is 42.5 Å². The molecule has 0 amide bonds. The number of benzene rings is 1. The topological polar surface area (TPSA) is 38.1 Å². The summed E-state index contributed by atoms with van der Waals surface area (Å²) in [5, 5.41) is 7.37. The molecule has 1 N–H and O–H groups in total. The first-order valence-electron chi connectivity index (χ1n) is 6.42. The fraction of sp³-hybridized carbons (Fsp3) is 0.400. The Bertz CT molecular complexity index is 574. The molecule has 2 unspecified atom stereocenters. The molecule has 3 nitrogen and oxygen atoms in total.